The second-order valence-electron chi connectivity index (χ2n) is 7.73. The number of nitrogens with two attached hydrogens (primary N) is 1. The van der Waals surface area contributed by atoms with E-state index in [2.05, 4.69) is 15.3 Å². The number of ether oxygens (including phenoxy) is 2. The average molecular weight is 466 g/mol. The van der Waals surface area contributed by atoms with E-state index in [1.165, 1.54) is 30.3 Å². The Morgan fingerprint density at radius 2 is 2.06 bits per heavy atom. The van der Waals surface area contributed by atoms with Crippen molar-refractivity contribution in [2.75, 3.05) is 5.32 Å². The zero-order valence-corrected chi connectivity index (χ0v) is 18.0. The van der Waals surface area contributed by atoms with Gasteiger partial charge in [-0.2, -0.15) is 0 Å². The van der Waals surface area contributed by atoms with Gasteiger partial charge in [0.25, 0.3) is 0 Å². The highest BCUT2D eigenvalue weighted by Crippen LogP contribution is 2.24. The molecule has 34 heavy (non-hydrogen) atoms. The van der Waals surface area contributed by atoms with Gasteiger partial charge in [0.15, 0.2) is 17.7 Å². The molecule has 2 atom stereocenters. The molecule has 0 saturated heterocycles. The predicted molar refractivity (Wildman–Crippen MR) is 122 cm³/mol. The minimum absolute atomic E-state index is 0.137. The van der Waals surface area contributed by atoms with Crippen LogP contribution in [0.1, 0.15) is 24.8 Å². The Morgan fingerprint density at radius 1 is 1.26 bits per heavy atom. The van der Waals surface area contributed by atoms with Crippen molar-refractivity contribution in [3.05, 3.63) is 77.5 Å². The Labute approximate surface area is 194 Å². The second kappa shape index (κ2) is 10.2. The number of benzene rings is 1. The van der Waals surface area contributed by atoms with Crippen LogP contribution in [0.25, 0.3) is 17.1 Å². The SMILES string of the molecule is N/C(=C/c1c[nH]c2ncccc12)O/C(Nc1ccc(F)cc1)=C(\C=O)C(=O)O[C@@H]1CCC[C@@H]1O. The van der Waals surface area contributed by atoms with Gasteiger partial charge in [-0.25, -0.2) is 14.2 Å². The van der Waals surface area contributed by atoms with Gasteiger partial charge in [-0.15, -0.1) is 0 Å². The number of carbonyl (C=O) groups excluding carboxylic acids is 2. The number of aldehydes is 1. The maximum Gasteiger partial charge on any atom is 0.347 e. The Balaban J connectivity index is 1.65. The quantitative estimate of drug-likeness (QED) is 0.0992. The Kier molecular flexibility index (Phi) is 6.88. The van der Waals surface area contributed by atoms with Crippen LogP contribution in [0, 0.1) is 5.82 Å². The van der Waals surface area contributed by atoms with Gasteiger partial charge in [-0.1, -0.05) is 0 Å². The average Bonchev–Trinajstić information content (AvgIpc) is 3.41. The molecule has 5 N–H and O–H groups in total. The van der Waals surface area contributed by atoms with Crippen LogP contribution in [0.15, 0.2) is 66.1 Å². The fraction of sp³-hybridized carbons (Fsp3) is 0.208. The largest absolute Gasteiger partial charge is 0.456 e. The summed E-state index contributed by atoms with van der Waals surface area (Å²) < 4.78 is 24.3. The summed E-state index contributed by atoms with van der Waals surface area (Å²) in [7, 11) is 0. The van der Waals surface area contributed by atoms with E-state index in [-0.39, 0.29) is 18.1 Å². The van der Waals surface area contributed by atoms with Crippen molar-refractivity contribution in [3.63, 3.8) is 0 Å². The first-order chi connectivity index (χ1) is 16.4. The van der Waals surface area contributed by atoms with Crippen LogP contribution in [-0.2, 0) is 19.1 Å². The summed E-state index contributed by atoms with van der Waals surface area (Å²) >= 11 is 0. The number of hydrogen-bond acceptors (Lipinski definition) is 8. The number of aliphatic hydroxyl groups is 1. The molecular formula is C24H23FN4O5. The number of anilines is 1. The molecule has 1 saturated carbocycles. The molecule has 1 aliphatic rings. The molecule has 10 heteroatoms. The Morgan fingerprint density at radius 3 is 2.76 bits per heavy atom. The van der Waals surface area contributed by atoms with E-state index in [1.54, 1.807) is 18.5 Å². The highest BCUT2D eigenvalue weighted by Gasteiger charge is 2.31. The second-order valence-corrected chi connectivity index (χ2v) is 7.73. The minimum atomic E-state index is -0.977. The lowest BCUT2D eigenvalue weighted by molar-refractivity contribution is -0.149. The van der Waals surface area contributed by atoms with E-state index in [4.69, 9.17) is 15.2 Å². The van der Waals surface area contributed by atoms with Crippen molar-refractivity contribution in [1.82, 2.24) is 9.97 Å². The van der Waals surface area contributed by atoms with Crippen LogP contribution < -0.4 is 11.1 Å². The lowest BCUT2D eigenvalue weighted by atomic mass is 10.2. The first-order valence-electron chi connectivity index (χ1n) is 10.6. The number of halogens is 1. The zero-order chi connectivity index (χ0) is 24.1. The first kappa shape index (κ1) is 23.0. The summed E-state index contributed by atoms with van der Waals surface area (Å²) in [5.74, 6) is -1.88. The predicted octanol–water partition coefficient (Wildman–Crippen LogP) is 2.95. The van der Waals surface area contributed by atoms with E-state index in [1.807, 2.05) is 6.07 Å². The van der Waals surface area contributed by atoms with Gasteiger partial charge in [-0.3, -0.25) is 4.79 Å². The van der Waals surface area contributed by atoms with Gasteiger partial charge in [0.05, 0.1) is 6.10 Å². The van der Waals surface area contributed by atoms with E-state index < -0.39 is 29.6 Å². The van der Waals surface area contributed by atoms with Gasteiger partial charge in [-0.05, 0) is 55.7 Å². The Hall–Kier alpha value is -4.18. The van der Waals surface area contributed by atoms with Crippen LogP contribution in [0.5, 0.6) is 0 Å². The maximum absolute atomic E-state index is 13.3. The number of pyridine rings is 1. The number of nitrogens with one attached hydrogen (secondary N) is 2. The van der Waals surface area contributed by atoms with Gasteiger partial charge in [0, 0.05) is 35.1 Å². The normalized spacial score (nSPS) is 18.9. The van der Waals surface area contributed by atoms with Crippen LogP contribution in [0.4, 0.5) is 10.1 Å². The van der Waals surface area contributed by atoms with Crippen molar-refractivity contribution < 1.29 is 28.6 Å². The van der Waals surface area contributed by atoms with Crippen LogP contribution in [0.3, 0.4) is 0 Å². The molecule has 0 radical (unpaired) electrons. The lowest BCUT2D eigenvalue weighted by Crippen LogP contribution is -2.28. The molecule has 0 aliphatic heterocycles. The first-order valence-corrected chi connectivity index (χ1v) is 10.6. The molecule has 0 unspecified atom stereocenters. The summed E-state index contributed by atoms with van der Waals surface area (Å²) in [4.78, 5) is 31.9. The third kappa shape index (κ3) is 5.24. The van der Waals surface area contributed by atoms with Gasteiger partial charge in [0.1, 0.15) is 17.6 Å². The molecule has 1 aromatic carbocycles. The number of hydrogen-bond donors (Lipinski definition) is 4. The Bertz CT molecular complexity index is 1250. The third-order valence-electron chi connectivity index (χ3n) is 5.36. The van der Waals surface area contributed by atoms with E-state index in [0.29, 0.717) is 36.2 Å². The molecule has 9 nitrogen and oxygen atoms in total. The van der Waals surface area contributed by atoms with Crippen molar-refractivity contribution >= 4 is 35.1 Å². The summed E-state index contributed by atoms with van der Waals surface area (Å²) in [6.45, 7) is 0. The third-order valence-corrected chi connectivity index (χ3v) is 5.36. The number of esters is 1. The fourth-order valence-corrected chi connectivity index (χ4v) is 3.65. The number of nitrogens with zero attached hydrogens (tertiary/aromatic N) is 1. The van der Waals surface area contributed by atoms with Gasteiger partial charge in [0.2, 0.25) is 5.88 Å². The molecular weight excluding hydrogens is 443 g/mol. The van der Waals surface area contributed by atoms with Crippen LogP contribution in [0.2, 0.25) is 0 Å². The molecule has 0 amide bonds. The fourth-order valence-electron chi connectivity index (χ4n) is 3.65. The highest BCUT2D eigenvalue weighted by atomic mass is 19.1. The molecule has 0 bridgehead atoms. The minimum Gasteiger partial charge on any atom is -0.456 e. The van der Waals surface area contributed by atoms with E-state index in [0.717, 1.165) is 5.39 Å². The van der Waals surface area contributed by atoms with Crippen molar-refractivity contribution in [2.45, 2.75) is 31.5 Å². The number of fused-ring (bicyclic) bond motifs is 1. The zero-order valence-electron chi connectivity index (χ0n) is 18.0. The number of carbonyl (C=O) groups is 2. The molecule has 1 fully saturated rings. The van der Waals surface area contributed by atoms with Gasteiger partial charge < -0.3 is 30.6 Å². The molecule has 0 spiro atoms. The molecule has 4 rings (SSSR count). The van der Waals surface area contributed by atoms with Crippen molar-refractivity contribution in [1.29, 1.82) is 0 Å². The maximum atomic E-state index is 13.3. The molecule has 2 heterocycles. The molecule has 3 aromatic rings. The van der Waals surface area contributed by atoms with Crippen LogP contribution >= 0.6 is 0 Å². The van der Waals surface area contributed by atoms with Crippen molar-refractivity contribution in [2.24, 2.45) is 5.73 Å². The summed E-state index contributed by atoms with van der Waals surface area (Å²) in [6, 6.07) is 8.81. The number of aromatic amines is 1. The standard InChI is InChI=1S/C24H23FN4O5/c25-15-6-8-16(9-7-15)29-23(18(13-30)24(32)33-20-5-1-4-19(20)31)34-21(26)11-14-12-28-22-17(14)3-2-10-27-22/h2-3,6-13,19-20,29,31H,1,4-5,26H2,(H,27,28)/b21-11-,23-18+/t19-,20+/m0/s1. The number of aromatic nitrogens is 2. The highest BCUT2D eigenvalue weighted by molar-refractivity contribution is 6.08. The molecule has 2 aromatic heterocycles. The smallest absolute Gasteiger partial charge is 0.347 e. The number of aliphatic hydroxyl groups excluding tert-OH is 1. The summed E-state index contributed by atoms with van der Waals surface area (Å²) in [5, 5.41) is 13.5. The van der Waals surface area contributed by atoms with E-state index in [9.17, 15) is 19.1 Å². The monoisotopic (exact) mass is 466 g/mol. The summed E-state index contributed by atoms with van der Waals surface area (Å²) in [6.07, 6.45) is 5.27. The molecule has 1 aliphatic carbocycles. The number of rotatable bonds is 8. The van der Waals surface area contributed by atoms with Crippen LogP contribution in [-0.4, -0.2) is 39.5 Å². The number of H-pyrrole nitrogens is 1. The van der Waals surface area contributed by atoms with Gasteiger partial charge >= 0.3 is 5.97 Å². The van der Waals surface area contributed by atoms with Crippen molar-refractivity contribution in [3.8, 4) is 0 Å². The lowest BCUT2D eigenvalue weighted by Gasteiger charge is -2.18. The van der Waals surface area contributed by atoms with E-state index >= 15 is 0 Å². The summed E-state index contributed by atoms with van der Waals surface area (Å²) in [5.41, 5.74) is 7.26. The topological polar surface area (TPSA) is 140 Å². The molecule has 176 valence electrons.